The van der Waals surface area contributed by atoms with Gasteiger partial charge in [-0.3, -0.25) is 4.79 Å². The molecule has 0 aliphatic heterocycles. The summed E-state index contributed by atoms with van der Waals surface area (Å²) >= 11 is 0. The van der Waals surface area contributed by atoms with E-state index in [2.05, 4.69) is 4.72 Å². The van der Waals surface area contributed by atoms with E-state index in [1.54, 1.807) is 19.1 Å². The third-order valence-corrected chi connectivity index (χ3v) is 4.20. The van der Waals surface area contributed by atoms with Crippen molar-refractivity contribution in [1.29, 1.82) is 0 Å². The molecule has 0 spiro atoms. The third-order valence-electron chi connectivity index (χ3n) is 2.62. The summed E-state index contributed by atoms with van der Waals surface area (Å²) in [5.74, 6) is -1.79. The molecule has 0 fully saturated rings. The predicted octanol–water partition coefficient (Wildman–Crippen LogP) is 1.30. The van der Waals surface area contributed by atoms with Crippen molar-refractivity contribution < 1.29 is 18.3 Å². The van der Waals surface area contributed by atoms with Crippen molar-refractivity contribution >= 4 is 16.0 Å². The molecule has 5 nitrogen and oxygen atoms in total. The minimum Gasteiger partial charge on any atom is -0.481 e. The van der Waals surface area contributed by atoms with Crippen molar-refractivity contribution in [1.82, 2.24) is 4.72 Å². The molecule has 6 heteroatoms. The molecule has 18 heavy (non-hydrogen) atoms. The van der Waals surface area contributed by atoms with E-state index < -0.39 is 21.9 Å². The number of carboxylic acid groups (broad SMARTS) is 1. The van der Waals surface area contributed by atoms with Gasteiger partial charge in [-0.15, -0.1) is 0 Å². The Morgan fingerprint density at radius 1 is 1.39 bits per heavy atom. The van der Waals surface area contributed by atoms with E-state index in [1.807, 2.05) is 6.92 Å². The van der Waals surface area contributed by atoms with Gasteiger partial charge in [-0.2, -0.15) is 0 Å². The van der Waals surface area contributed by atoms with Crippen molar-refractivity contribution in [2.24, 2.45) is 5.92 Å². The summed E-state index contributed by atoms with van der Waals surface area (Å²) in [5.41, 5.74) is 1.62. The Morgan fingerprint density at radius 3 is 2.50 bits per heavy atom. The average Bonchev–Trinajstić information content (AvgIpc) is 2.25. The summed E-state index contributed by atoms with van der Waals surface area (Å²) in [5, 5.41) is 8.71. The van der Waals surface area contributed by atoms with Gasteiger partial charge in [0.05, 0.1) is 10.8 Å². The van der Waals surface area contributed by atoms with Crippen LogP contribution in [0.1, 0.15) is 18.1 Å². The first kappa shape index (κ1) is 14.7. The predicted molar refractivity (Wildman–Crippen MR) is 67.9 cm³/mol. The maximum absolute atomic E-state index is 12.0. The molecule has 0 bridgehead atoms. The molecule has 0 saturated heterocycles. The number of hydrogen-bond acceptors (Lipinski definition) is 3. The number of rotatable bonds is 5. The van der Waals surface area contributed by atoms with Gasteiger partial charge in [0.2, 0.25) is 10.0 Å². The minimum atomic E-state index is -3.65. The van der Waals surface area contributed by atoms with E-state index in [0.29, 0.717) is 5.56 Å². The highest BCUT2D eigenvalue weighted by Crippen LogP contribution is 2.16. The summed E-state index contributed by atoms with van der Waals surface area (Å²) < 4.78 is 26.3. The number of nitrogens with one attached hydrogen (secondary N) is 1. The van der Waals surface area contributed by atoms with Crippen LogP contribution in [0.5, 0.6) is 0 Å². The molecule has 2 N–H and O–H groups in total. The molecule has 1 atom stereocenters. The largest absolute Gasteiger partial charge is 0.481 e. The molecular weight excluding hydrogens is 254 g/mol. The molecule has 0 aliphatic carbocycles. The van der Waals surface area contributed by atoms with Crippen LogP contribution >= 0.6 is 0 Å². The quantitative estimate of drug-likeness (QED) is 0.845. The molecule has 0 aliphatic rings. The van der Waals surface area contributed by atoms with Crippen molar-refractivity contribution in [3.05, 3.63) is 29.3 Å². The van der Waals surface area contributed by atoms with Gasteiger partial charge in [0.25, 0.3) is 0 Å². The van der Waals surface area contributed by atoms with Crippen molar-refractivity contribution in [3.8, 4) is 0 Å². The number of carboxylic acids is 1. The first-order valence-electron chi connectivity index (χ1n) is 5.54. The second-order valence-electron chi connectivity index (χ2n) is 4.36. The van der Waals surface area contributed by atoms with Gasteiger partial charge in [0.15, 0.2) is 0 Å². The van der Waals surface area contributed by atoms with Crippen LogP contribution in [-0.4, -0.2) is 26.0 Å². The lowest BCUT2D eigenvalue weighted by molar-refractivity contribution is -0.140. The average molecular weight is 271 g/mol. The van der Waals surface area contributed by atoms with E-state index in [9.17, 15) is 13.2 Å². The molecule has 0 saturated carbocycles. The number of hydrogen-bond donors (Lipinski definition) is 2. The van der Waals surface area contributed by atoms with Crippen molar-refractivity contribution in [2.45, 2.75) is 25.7 Å². The summed E-state index contributed by atoms with van der Waals surface area (Å²) in [4.78, 5) is 10.8. The monoisotopic (exact) mass is 271 g/mol. The second kappa shape index (κ2) is 5.49. The first-order chi connectivity index (χ1) is 8.24. The molecule has 1 unspecified atom stereocenters. The van der Waals surface area contributed by atoms with Crippen LogP contribution in [0.3, 0.4) is 0 Å². The number of carbonyl (C=O) groups is 1. The fourth-order valence-corrected chi connectivity index (χ4v) is 2.86. The number of benzene rings is 1. The summed E-state index contributed by atoms with van der Waals surface area (Å²) in [7, 11) is -3.65. The number of sulfonamides is 1. The fourth-order valence-electron chi connectivity index (χ4n) is 1.50. The Balaban J connectivity index is 2.90. The maximum atomic E-state index is 12.0. The summed E-state index contributed by atoms with van der Waals surface area (Å²) in [6.45, 7) is 4.92. The normalized spacial score (nSPS) is 13.3. The summed E-state index contributed by atoms with van der Waals surface area (Å²) in [6, 6.07) is 5.01. The smallest absolute Gasteiger partial charge is 0.307 e. The first-order valence-corrected chi connectivity index (χ1v) is 7.02. The van der Waals surface area contributed by atoms with Gasteiger partial charge in [0.1, 0.15) is 0 Å². The minimum absolute atomic E-state index is 0.120. The van der Waals surface area contributed by atoms with Crippen LogP contribution in [0.4, 0.5) is 0 Å². The second-order valence-corrected chi connectivity index (χ2v) is 6.10. The van der Waals surface area contributed by atoms with Crippen LogP contribution in [-0.2, 0) is 14.8 Å². The van der Waals surface area contributed by atoms with Crippen molar-refractivity contribution in [2.75, 3.05) is 6.54 Å². The zero-order valence-corrected chi connectivity index (χ0v) is 11.4. The van der Waals surface area contributed by atoms with Crippen LogP contribution in [0, 0.1) is 19.8 Å². The van der Waals surface area contributed by atoms with E-state index in [4.69, 9.17) is 5.11 Å². The topological polar surface area (TPSA) is 83.5 Å². The lowest BCUT2D eigenvalue weighted by Gasteiger charge is -2.11. The van der Waals surface area contributed by atoms with Gasteiger partial charge in [-0.25, -0.2) is 13.1 Å². The van der Waals surface area contributed by atoms with Crippen molar-refractivity contribution in [3.63, 3.8) is 0 Å². The highest BCUT2D eigenvalue weighted by molar-refractivity contribution is 7.89. The van der Waals surface area contributed by atoms with Crippen LogP contribution in [0.25, 0.3) is 0 Å². The van der Waals surface area contributed by atoms with Gasteiger partial charge >= 0.3 is 5.97 Å². The Morgan fingerprint density at radius 2 is 2.00 bits per heavy atom. The lowest BCUT2D eigenvalue weighted by atomic mass is 10.2. The Labute approximate surface area is 107 Å². The molecule has 0 radical (unpaired) electrons. The maximum Gasteiger partial charge on any atom is 0.307 e. The SMILES string of the molecule is Cc1ccc(S(=O)(=O)NCC(C)C(=O)O)c(C)c1. The molecule has 0 aromatic heterocycles. The van der Waals surface area contributed by atoms with Gasteiger partial charge in [-0.05, 0) is 25.5 Å². The van der Waals surface area contributed by atoms with Gasteiger partial charge in [-0.1, -0.05) is 24.6 Å². The van der Waals surface area contributed by atoms with Crippen LogP contribution in [0.2, 0.25) is 0 Å². The highest BCUT2D eigenvalue weighted by Gasteiger charge is 2.19. The van der Waals surface area contributed by atoms with E-state index in [1.165, 1.54) is 13.0 Å². The molecule has 100 valence electrons. The lowest BCUT2D eigenvalue weighted by Crippen LogP contribution is -2.31. The molecule has 1 aromatic carbocycles. The Bertz CT molecular complexity index is 551. The van der Waals surface area contributed by atoms with Gasteiger partial charge < -0.3 is 5.11 Å². The number of aryl methyl sites for hydroxylation is 2. The van der Waals surface area contributed by atoms with Crippen LogP contribution < -0.4 is 4.72 Å². The van der Waals surface area contributed by atoms with E-state index in [0.717, 1.165) is 5.56 Å². The molecule has 0 amide bonds. The van der Waals surface area contributed by atoms with Gasteiger partial charge in [0, 0.05) is 6.54 Å². The van der Waals surface area contributed by atoms with Crippen LogP contribution in [0.15, 0.2) is 23.1 Å². The zero-order valence-electron chi connectivity index (χ0n) is 10.6. The Kier molecular flexibility index (Phi) is 4.48. The zero-order chi connectivity index (χ0) is 13.9. The highest BCUT2D eigenvalue weighted by atomic mass is 32.2. The number of aliphatic carboxylic acids is 1. The standard InChI is InChI=1S/C12H17NO4S/c1-8-4-5-11(9(2)6-8)18(16,17)13-7-10(3)12(14)15/h4-6,10,13H,7H2,1-3H3,(H,14,15). The summed E-state index contributed by atoms with van der Waals surface area (Å²) in [6.07, 6.45) is 0. The molecule has 0 heterocycles. The Hall–Kier alpha value is -1.40. The third kappa shape index (κ3) is 3.54. The fraction of sp³-hybridized carbons (Fsp3) is 0.417. The molecule has 1 aromatic rings. The van der Waals surface area contributed by atoms with E-state index >= 15 is 0 Å². The molecular formula is C12H17NO4S. The van der Waals surface area contributed by atoms with E-state index in [-0.39, 0.29) is 11.4 Å². The molecule has 1 rings (SSSR count).